The van der Waals surface area contributed by atoms with Gasteiger partial charge in [0.15, 0.2) is 11.5 Å². The number of aromatic nitrogens is 4. The Balaban J connectivity index is 2.09. The number of pyridine rings is 1. The Hall–Kier alpha value is -2.15. The fourth-order valence-electron chi connectivity index (χ4n) is 2.00. The maximum absolute atomic E-state index is 5.35. The molecule has 2 heterocycles. The molecular formula is C13H19N5O2. The average Bonchev–Trinajstić information content (AvgIpc) is 2.90. The Morgan fingerprint density at radius 2 is 2.15 bits per heavy atom. The SMILES string of the molecule is COc1ccnc(CNC(C)c2nncn2C)c1OC. The van der Waals surface area contributed by atoms with Crippen LogP contribution < -0.4 is 14.8 Å². The number of rotatable bonds is 6. The van der Waals surface area contributed by atoms with Crippen molar-refractivity contribution >= 4 is 0 Å². The minimum absolute atomic E-state index is 0.0557. The fraction of sp³-hybridized carbons (Fsp3) is 0.462. The predicted molar refractivity (Wildman–Crippen MR) is 73.6 cm³/mol. The molecule has 20 heavy (non-hydrogen) atoms. The van der Waals surface area contributed by atoms with E-state index in [4.69, 9.17) is 9.47 Å². The van der Waals surface area contributed by atoms with Gasteiger partial charge < -0.3 is 19.4 Å². The molecule has 7 heteroatoms. The first-order chi connectivity index (χ1) is 9.67. The standard InChI is InChI=1S/C13H19N5O2/c1-9(13-17-16-8-18(13)2)15-7-10-12(20-4)11(19-3)5-6-14-10/h5-6,8-9,15H,7H2,1-4H3. The summed E-state index contributed by atoms with van der Waals surface area (Å²) < 4.78 is 12.5. The number of hydrogen-bond donors (Lipinski definition) is 1. The predicted octanol–water partition coefficient (Wildman–Crippen LogP) is 1.08. The van der Waals surface area contributed by atoms with E-state index < -0.39 is 0 Å². The first kappa shape index (κ1) is 14.3. The molecule has 0 fully saturated rings. The van der Waals surface area contributed by atoms with E-state index in [0.717, 1.165) is 11.5 Å². The van der Waals surface area contributed by atoms with E-state index in [-0.39, 0.29) is 6.04 Å². The van der Waals surface area contributed by atoms with Crippen molar-refractivity contribution in [3.63, 3.8) is 0 Å². The van der Waals surface area contributed by atoms with E-state index in [1.54, 1.807) is 32.8 Å². The smallest absolute Gasteiger partial charge is 0.183 e. The highest BCUT2D eigenvalue weighted by molar-refractivity contribution is 5.42. The molecule has 1 atom stereocenters. The molecule has 108 valence electrons. The molecule has 2 aromatic heterocycles. The van der Waals surface area contributed by atoms with Crippen molar-refractivity contribution < 1.29 is 9.47 Å². The highest BCUT2D eigenvalue weighted by Gasteiger charge is 2.14. The maximum Gasteiger partial charge on any atom is 0.183 e. The Kier molecular flexibility index (Phi) is 4.52. The number of nitrogens with one attached hydrogen (secondary N) is 1. The summed E-state index contributed by atoms with van der Waals surface area (Å²) in [5.74, 6) is 2.19. The molecule has 0 saturated heterocycles. The zero-order chi connectivity index (χ0) is 14.5. The molecule has 0 bridgehead atoms. The molecule has 0 aliphatic heterocycles. The molecule has 0 aliphatic rings. The third kappa shape index (κ3) is 2.88. The molecule has 7 nitrogen and oxygen atoms in total. The summed E-state index contributed by atoms with van der Waals surface area (Å²) in [4.78, 5) is 4.32. The Morgan fingerprint density at radius 1 is 1.35 bits per heavy atom. The third-order valence-electron chi connectivity index (χ3n) is 3.08. The van der Waals surface area contributed by atoms with Crippen LogP contribution in [0.15, 0.2) is 18.6 Å². The van der Waals surface area contributed by atoms with Crippen LogP contribution in [0.25, 0.3) is 0 Å². The topological polar surface area (TPSA) is 74.1 Å². The molecule has 2 rings (SSSR count). The van der Waals surface area contributed by atoms with Crippen molar-refractivity contribution in [1.29, 1.82) is 0 Å². The molecule has 0 saturated carbocycles. The molecule has 0 aromatic carbocycles. The molecule has 2 aromatic rings. The fourth-order valence-corrected chi connectivity index (χ4v) is 2.00. The van der Waals surface area contributed by atoms with Gasteiger partial charge in [0.25, 0.3) is 0 Å². The van der Waals surface area contributed by atoms with Gasteiger partial charge in [-0.05, 0) is 6.92 Å². The van der Waals surface area contributed by atoms with Gasteiger partial charge in [-0.25, -0.2) is 0 Å². The monoisotopic (exact) mass is 277 g/mol. The van der Waals surface area contributed by atoms with Crippen LogP contribution >= 0.6 is 0 Å². The zero-order valence-corrected chi connectivity index (χ0v) is 12.1. The molecule has 1 unspecified atom stereocenters. The van der Waals surface area contributed by atoms with E-state index in [0.29, 0.717) is 18.0 Å². The molecule has 0 amide bonds. The Labute approximate surface area is 118 Å². The van der Waals surface area contributed by atoms with Gasteiger partial charge >= 0.3 is 0 Å². The summed E-state index contributed by atoms with van der Waals surface area (Å²) in [5, 5.41) is 11.3. The number of hydrogen-bond acceptors (Lipinski definition) is 6. The summed E-state index contributed by atoms with van der Waals surface area (Å²) in [6, 6.07) is 1.83. The van der Waals surface area contributed by atoms with Crippen molar-refractivity contribution in [3.8, 4) is 11.5 Å². The Morgan fingerprint density at radius 3 is 2.75 bits per heavy atom. The van der Waals surface area contributed by atoms with E-state index >= 15 is 0 Å². The van der Waals surface area contributed by atoms with Gasteiger partial charge in [-0.15, -0.1) is 10.2 Å². The number of aryl methyl sites for hydroxylation is 1. The second kappa shape index (κ2) is 6.33. The second-order valence-electron chi connectivity index (χ2n) is 4.40. The van der Waals surface area contributed by atoms with Crippen LogP contribution in [0.5, 0.6) is 11.5 Å². The minimum atomic E-state index is 0.0557. The highest BCUT2D eigenvalue weighted by atomic mass is 16.5. The lowest BCUT2D eigenvalue weighted by atomic mass is 10.2. The first-order valence-electron chi connectivity index (χ1n) is 6.30. The van der Waals surface area contributed by atoms with Gasteiger partial charge in [-0.2, -0.15) is 0 Å². The average molecular weight is 277 g/mol. The van der Waals surface area contributed by atoms with Gasteiger partial charge in [0.2, 0.25) is 0 Å². The van der Waals surface area contributed by atoms with Gasteiger partial charge in [0.1, 0.15) is 12.2 Å². The van der Waals surface area contributed by atoms with E-state index in [1.165, 1.54) is 0 Å². The van der Waals surface area contributed by atoms with E-state index in [2.05, 4.69) is 20.5 Å². The summed E-state index contributed by atoms with van der Waals surface area (Å²) >= 11 is 0. The maximum atomic E-state index is 5.35. The van der Waals surface area contributed by atoms with Crippen molar-refractivity contribution in [3.05, 3.63) is 30.1 Å². The summed E-state index contributed by atoms with van der Waals surface area (Å²) in [6.45, 7) is 2.57. The quantitative estimate of drug-likeness (QED) is 0.851. The van der Waals surface area contributed by atoms with E-state index in [1.807, 2.05) is 18.5 Å². The van der Waals surface area contributed by atoms with Crippen LogP contribution in [0.1, 0.15) is 24.5 Å². The number of nitrogens with zero attached hydrogens (tertiary/aromatic N) is 4. The van der Waals surface area contributed by atoms with Crippen LogP contribution in [-0.4, -0.2) is 34.0 Å². The largest absolute Gasteiger partial charge is 0.493 e. The van der Waals surface area contributed by atoms with Gasteiger partial charge in [-0.3, -0.25) is 4.98 Å². The van der Waals surface area contributed by atoms with Crippen molar-refractivity contribution in [2.75, 3.05) is 14.2 Å². The summed E-state index contributed by atoms with van der Waals surface area (Å²) in [7, 11) is 5.13. The molecule has 0 spiro atoms. The lowest BCUT2D eigenvalue weighted by Crippen LogP contribution is -2.22. The van der Waals surface area contributed by atoms with Gasteiger partial charge in [0.05, 0.1) is 26.0 Å². The van der Waals surface area contributed by atoms with Crippen LogP contribution in [0.3, 0.4) is 0 Å². The molecular weight excluding hydrogens is 258 g/mol. The van der Waals surface area contributed by atoms with Crippen LogP contribution in [0.4, 0.5) is 0 Å². The lowest BCUT2D eigenvalue weighted by Gasteiger charge is -2.15. The van der Waals surface area contributed by atoms with Gasteiger partial charge in [0, 0.05) is 25.9 Å². The van der Waals surface area contributed by atoms with Crippen LogP contribution in [-0.2, 0) is 13.6 Å². The van der Waals surface area contributed by atoms with Crippen molar-refractivity contribution in [2.24, 2.45) is 7.05 Å². The van der Waals surface area contributed by atoms with Crippen LogP contribution in [0.2, 0.25) is 0 Å². The number of methoxy groups -OCH3 is 2. The van der Waals surface area contributed by atoms with Crippen LogP contribution in [0, 0.1) is 0 Å². The molecule has 0 aliphatic carbocycles. The summed E-state index contributed by atoms with van der Waals surface area (Å²) in [5.41, 5.74) is 0.792. The van der Waals surface area contributed by atoms with Crippen molar-refractivity contribution in [1.82, 2.24) is 25.1 Å². The van der Waals surface area contributed by atoms with Crippen molar-refractivity contribution in [2.45, 2.75) is 19.5 Å². The highest BCUT2D eigenvalue weighted by Crippen LogP contribution is 2.29. The molecule has 1 N–H and O–H groups in total. The van der Waals surface area contributed by atoms with Gasteiger partial charge in [-0.1, -0.05) is 0 Å². The molecule has 0 radical (unpaired) electrons. The van der Waals surface area contributed by atoms with E-state index in [9.17, 15) is 0 Å². The zero-order valence-electron chi connectivity index (χ0n) is 12.1. The normalized spacial score (nSPS) is 12.2. The summed E-state index contributed by atoms with van der Waals surface area (Å²) in [6.07, 6.45) is 3.38. The third-order valence-corrected chi connectivity index (χ3v) is 3.08. The second-order valence-corrected chi connectivity index (χ2v) is 4.40. The minimum Gasteiger partial charge on any atom is -0.493 e. The first-order valence-corrected chi connectivity index (χ1v) is 6.30. The lowest BCUT2D eigenvalue weighted by molar-refractivity contribution is 0.347. The Bertz CT molecular complexity index is 570. The number of ether oxygens (including phenoxy) is 2.